The zero-order valence-corrected chi connectivity index (χ0v) is 34.4. The maximum Gasteiger partial charge on any atom is 0.472 e. The van der Waals surface area contributed by atoms with Crippen LogP contribution in [0.15, 0.2) is 72.9 Å². The third-order valence-corrected chi connectivity index (χ3v) is 9.14. The Bertz CT molecular complexity index is 1130. The highest BCUT2D eigenvalue weighted by molar-refractivity contribution is 7.47. The van der Waals surface area contributed by atoms with E-state index in [0.29, 0.717) is 32.1 Å². The quantitative estimate of drug-likeness (QED) is 0.0182. The second-order valence-electron chi connectivity index (χ2n) is 13.3. The van der Waals surface area contributed by atoms with Gasteiger partial charge in [-0.15, -0.1) is 0 Å². The molecule has 11 heteroatoms. The summed E-state index contributed by atoms with van der Waals surface area (Å²) in [6.07, 6.45) is 42.5. The van der Waals surface area contributed by atoms with Gasteiger partial charge in [-0.2, -0.15) is 0 Å². The number of ether oxygens (including phenoxy) is 2. The van der Waals surface area contributed by atoms with E-state index >= 15 is 0 Å². The van der Waals surface area contributed by atoms with Crippen LogP contribution >= 0.6 is 7.82 Å². The van der Waals surface area contributed by atoms with E-state index in [1.54, 1.807) is 6.08 Å². The molecule has 0 aromatic carbocycles. The van der Waals surface area contributed by atoms with Gasteiger partial charge in [-0.1, -0.05) is 138 Å². The Labute approximate surface area is 327 Å². The number of rotatable bonds is 37. The van der Waals surface area contributed by atoms with Gasteiger partial charge in [0.15, 0.2) is 6.10 Å². The molecule has 0 saturated carbocycles. The third kappa shape index (κ3) is 37.7. The summed E-state index contributed by atoms with van der Waals surface area (Å²) >= 11 is 0. The summed E-state index contributed by atoms with van der Waals surface area (Å²) in [6, 6.07) is 0. The zero-order valence-electron chi connectivity index (χ0n) is 33.5. The molecule has 54 heavy (non-hydrogen) atoms. The minimum Gasteiger partial charge on any atom is -0.462 e. The Hall–Kier alpha value is -2.59. The fraction of sp³-hybridized carbons (Fsp3) is 0.674. The van der Waals surface area contributed by atoms with Crippen molar-refractivity contribution in [2.75, 3.05) is 26.4 Å². The fourth-order valence-corrected chi connectivity index (χ4v) is 5.87. The second kappa shape index (κ2) is 38.7. The van der Waals surface area contributed by atoms with Crippen LogP contribution in [0.2, 0.25) is 0 Å². The molecule has 2 unspecified atom stereocenters. The summed E-state index contributed by atoms with van der Waals surface area (Å²) in [5.74, 6) is -0.953. The number of aliphatic hydroxyl groups excluding tert-OH is 1. The first-order valence-electron chi connectivity index (χ1n) is 20.5. The van der Waals surface area contributed by atoms with Crippen molar-refractivity contribution in [2.45, 2.75) is 161 Å². The molecule has 0 aliphatic rings. The lowest BCUT2D eigenvalue weighted by Gasteiger charge is -2.19. The predicted octanol–water partition coefficient (Wildman–Crippen LogP) is 10.5. The van der Waals surface area contributed by atoms with Crippen molar-refractivity contribution in [2.24, 2.45) is 5.73 Å². The Morgan fingerprint density at radius 3 is 1.96 bits per heavy atom. The van der Waals surface area contributed by atoms with Crippen molar-refractivity contribution < 1.29 is 42.7 Å². The van der Waals surface area contributed by atoms with Crippen molar-refractivity contribution in [3.8, 4) is 0 Å². The van der Waals surface area contributed by atoms with E-state index in [0.717, 1.165) is 44.9 Å². The van der Waals surface area contributed by atoms with E-state index in [9.17, 15) is 24.2 Å². The standard InChI is InChI=1S/C43H74NO9P/c1-3-5-7-9-11-12-13-14-15-16-17-18-22-26-30-34-42(46)50-38-41(39-52-54(48,49)51-37-36-44)53-43(47)35-31-27-23-20-19-21-25-29-33-40(45)32-28-24-10-8-6-4-2/h6,8,14-15,20-21,23-25,28-29,33,40-41,45H,3-5,7,9-13,16-19,22,26-27,30-32,34-39,44H2,1-2H3,(H,48,49)/b8-6-,15-14-,23-20-,25-21-,28-24-,33-29+/t40?,41-/m1/s1. The number of allylic oxidation sites excluding steroid dienone is 10. The Balaban J connectivity index is 4.39. The lowest BCUT2D eigenvalue weighted by Crippen LogP contribution is -2.29. The molecule has 0 rings (SSSR count). The van der Waals surface area contributed by atoms with Crippen molar-refractivity contribution in [3.63, 3.8) is 0 Å². The number of phosphoric ester groups is 1. The number of hydrogen-bond donors (Lipinski definition) is 3. The van der Waals surface area contributed by atoms with E-state index in [1.807, 2.05) is 42.5 Å². The van der Waals surface area contributed by atoms with Gasteiger partial charge in [0, 0.05) is 19.4 Å². The molecule has 0 amide bonds. The lowest BCUT2D eigenvalue weighted by atomic mass is 10.1. The minimum absolute atomic E-state index is 0.0298. The number of esters is 2. The summed E-state index contributed by atoms with van der Waals surface area (Å²) < 4.78 is 32.6. The van der Waals surface area contributed by atoms with E-state index in [-0.39, 0.29) is 32.6 Å². The number of aliphatic hydroxyl groups is 1. The summed E-state index contributed by atoms with van der Waals surface area (Å²) in [5.41, 5.74) is 5.33. The number of carbonyl (C=O) groups excluding carboxylic acids is 2. The topological polar surface area (TPSA) is 155 Å². The molecular weight excluding hydrogens is 705 g/mol. The second-order valence-corrected chi connectivity index (χ2v) is 14.8. The van der Waals surface area contributed by atoms with Gasteiger partial charge in [-0.3, -0.25) is 18.6 Å². The van der Waals surface area contributed by atoms with Crippen LogP contribution in [-0.4, -0.2) is 60.5 Å². The van der Waals surface area contributed by atoms with Crippen molar-refractivity contribution in [1.82, 2.24) is 0 Å². The predicted molar refractivity (Wildman–Crippen MR) is 221 cm³/mol. The minimum atomic E-state index is -4.41. The van der Waals surface area contributed by atoms with Crippen molar-refractivity contribution in [1.29, 1.82) is 0 Å². The summed E-state index contributed by atoms with van der Waals surface area (Å²) in [5, 5.41) is 10.0. The molecule has 4 N–H and O–H groups in total. The van der Waals surface area contributed by atoms with Crippen LogP contribution in [0.25, 0.3) is 0 Å². The molecule has 0 heterocycles. The molecule has 0 saturated heterocycles. The van der Waals surface area contributed by atoms with Gasteiger partial charge in [0.1, 0.15) is 6.61 Å². The molecule has 0 aliphatic heterocycles. The normalized spacial score (nSPS) is 14.7. The monoisotopic (exact) mass is 780 g/mol. The summed E-state index contributed by atoms with van der Waals surface area (Å²) in [6.45, 7) is 3.42. The van der Waals surface area contributed by atoms with Crippen LogP contribution in [0.1, 0.15) is 149 Å². The summed E-state index contributed by atoms with van der Waals surface area (Å²) in [4.78, 5) is 34.8. The molecule has 3 atom stereocenters. The van der Waals surface area contributed by atoms with Crippen LogP contribution in [0.3, 0.4) is 0 Å². The number of unbranched alkanes of at least 4 members (excludes halogenated alkanes) is 12. The SMILES string of the molecule is CC/C=C\C/C=C\CC(O)/C=C/C=C\C/C=C\CCCC(=O)O[C@H](COC(=O)CCCCCCC/C=C\CCCCCCCC)COP(=O)(O)OCCN. The highest BCUT2D eigenvalue weighted by atomic mass is 31.2. The first kappa shape index (κ1) is 51.4. The molecule has 310 valence electrons. The molecule has 0 bridgehead atoms. The molecule has 0 spiro atoms. The average Bonchev–Trinajstić information content (AvgIpc) is 3.15. The van der Waals surface area contributed by atoms with Gasteiger partial charge >= 0.3 is 19.8 Å². The van der Waals surface area contributed by atoms with Gasteiger partial charge in [-0.25, -0.2) is 4.57 Å². The summed E-state index contributed by atoms with van der Waals surface area (Å²) in [7, 11) is -4.41. The Kier molecular flexibility index (Phi) is 36.8. The van der Waals surface area contributed by atoms with Crippen LogP contribution in [0, 0.1) is 0 Å². The van der Waals surface area contributed by atoms with Gasteiger partial charge in [0.25, 0.3) is 0 Å². The number of phosphoric acid groups is 1. The first-order chi connectivity index (χ1) is 26.2. The smallest absolute Gasteiger partial charge is 0.462 e. The number of hydrogen-bond acceptors (Lipinski definition) is 9. The molecule has 0 radical (unpaired) electrons. The van der Waals surface area contributed by atoms with E-state index in [1.165, 1.54) is 44.9 Å². The number of carbonyl (C=O) groups is 2. The van der Waals surface area contributed by atoms with Gasteiger partial charge in [-0.05, 0) is 70.6 Å². The molecule has 10 nitrogen and oxygen atoms in total. The van der Waals surface area contributed by atoms with Gasteiger partial charge in [0.05, 0.1) is 19.3 Å². The van der Waals surface area contributed by atoms with Crippen LogP contribution < -0.4 is 5.73 Å². The van der Waals surface area contributed by atoms with Crippen LogP contribution in [0.4, 0.5) is 0 Å². The van der Waals surface area contributed by atoms with E-state index in [2.05, 4.69) is 38.2 Å². The van der Waals surface area contributed by atoms with Crippen molar-refractivity contribution in [3.05, 3.63) is 72.9 Å². The van der Waals surface area contributed by atoms with Crippen LogP contribution in [0.5, 0.6) is 0 Å². The van der Waals surface area contributed by atoms with E-state index < -0.39 is 38.6 Å². The molecule has 0 aromatic rings. The highest BCUT2D eigenvalue weighted by Gasteiger charge is 2.25. The van der Waals surface area contributed by atoms with E-state index in [4.69, 9.17) is 24.3 Å². The molecule has 0 fully saturated rings. The average molecular weight is 780 g/mol. The fourth-order valence-electron chi connectivity index (χ4n) is 5.10. The van der Waals surface area contributed by atoms with Gasteiger partial charge < -0.3 is 25.2 Å². The molecule has 0 aromatic heterocycles. The third-order valence-electron chi connectivity index (χ3n) is 8.16. The molecule has 0 aliphatic carbocycles. The number of nitrogens with two attached hydrogens (primary N) is 1. The van der Waals surface area contributed by atoms with Crippen molar-refractivity contribution >= 4 is 19.8 Å². The molecular formula is C43H74NO9P. The highest BCUT2D eigenvalue weighted by Crippen LogP contribution is 2.43. The maximum atomic E-state index is 12.5. The van der Waals surface area contributed by atoms with Gasteiger partial charge in [0.2, 0.25) is 0 Å². The Morgan fingerprint density at radius 2 is 1.26 bits per heavy atom. The maximum absolute atomic E-state index is 12.5. The largest absolute Gasteiger partial charge is 0.472 e. The first-order valence-corrected chi connectivity index (χ1v) is 22.0. The zero-order chi connectivity index (χ0) is 39.8. The lowest BCUT2D eigenvalue weighted by molar-refractivity contribution is -0.161. The van der Waals surface area contributed by atoms with Crippen LogP contribution in [-0.2, 0) is 32.7 Å². The Morgan fingerprint density at radius 1 is 0.667 bits per heavy atom.